The van der Waals surface area contributed by atoms with Crippen LogP contribution in [0.15, 0.2) is 53.5 Å². The van der Waals surface area contributed by atoms with Crippen LogP contribution in [0.25, 0.3) is 11.0 Å². The summed E-state index contributed by atoms with van der Waals surface area (Å²) in [6.07, 6.45) is 2.01. The van der Waals surface area contributed by atoms with Crippen molar-refractivity contribution in [2.45, 2.75) is 19.0 Å². The zero-order chi connectivity index (χ0) is 20.1. The van der Waals surface area contributed by atoms with Crippen molar-refractivity contribution in [1.82, 2.24) is 24.8 Å². The fraction of sp³-hybridized carbons (Fsp3) is 0.381. The lowest BCUT2D eigenvalue weighted by Crippen LogP contribution is -2.44. The molecule has 2 N–H and O–H groups in total. The van der Waals surface area contributed by atoms with Gasteiger partial charge in [0.25, 0.3) is 0 Å². The monoisotopic (exact) mass is 395 g/mol. The molecule has 8 heteroatoms. The van der Waals surface area contributed by atoms with Crippen molar-refractivity contribution in [3.63, 3.8) is 0 Å². The van der Waals surface area contributed by atoms with Gasteiger partial charge in [-0.25, -0.2) is 4.79 Å². The van der Waals surface area contributed by atoms with E-state index in [0.717, 1.165) is 29.8 Å². The zero-order valence-electron chi connectivity index (χ0n) is 16.2. The number of hydrogen-bond donors (Lipinski definition) is 2. The highest BCUT2D eigenvalue weighted by Crippen LogP contribution is 2.19. The van der Waals surface area contributed by atoms with Crippen LogP contribution in [-0.2, 0) is 16.1 Å². The summed E-state index contributed by atoms with van der Waals surface area (Å²) in [7, 11) is 0. The zero-order valence-corrected chi connectivity index (χ0v) is 16.2. The van der Waals surface area contributed by atoms with Crippen molar-refractivity contribution in [2.75, 3.05) is 32.8 Å². The first-order valence-electron chi connectivity index (χ1n) is 9.89. The van der Waals surface area contributed by atoms with Crippen molar-refractivity contribution in [3.05, 3.63) is 64.8 Å². The maximum absolute atomic E-state index is 12.5. The van der Waals surface area contributed by atoms with E-state index in [1.807, 2.05) is 42.5 Å². The number of amides is 1. The molecule has 0 radical (unpaired) electrons. The lowest BCUT2D eigenvalue weighted by atomic mass is 10.1. The van der Waals surface area contributed by atoms with E-state index in [1.165, 1.54) is 0 Å². The van der Waals surface area contributed by atoms with Gasteiger partial charge in [0, 0.05) is 38.8 Å². The van der Waals surface area contributed by atoms with Gasteiger partial charge in [0.2, 0.25) is 5.91 Å². The van der Waals surface area contributed by atoms with Gasteiger partial charge in [0.15, 0.2) is 0 Å². The van der Waals surface area contributed by atoms with Crippen molar-refractivity contribution in [3.8, 4) is 0 Å². The lowest BCUT2D eigenvalue weighted by Gasteiger charge is -2.34. The van der Waals surface area contributed by atoms with Gasteiger partial charge in [-0.3, -0.25) is 19.2 Å². The highest BCUT2D eigenvalue weighted by atomic mass is 16.5. The molecule has 1 fully saturated rings. The van der Waals surface area contributed by atoms with Crippen LogP contribution in [0.2, 0.25) is 0 Å². The number of rotatable bonds is 7. The summed E-state index contributed by atoms with van der Waals surface area (Å²) in [5.74, 6) is -0.0867. The molecule has 2 aromatic heterocycles. The molecule has 0 spiro atoms. The van der Waals surface area contributed by atoms with Gasteiger partial charge in [-0.1, -0.05) is 18.2 Å². The van der Waals surface area contributed by atoms with Crippen LogP contribution in [-0.4, -0.2) is 58.2 Å². The number of morpholine rings is 1. The first-order chi connectivity index (χ1) is 14.2. The molecule has 4 rings (SSSR count). The second kappa shape index (κ2) is 9.02. The van der Waals surface area contributed by atoms with Crippen LogP contribution < -0.4 is 11.0 Å². The highest BCUT2D eigenvalue weighted by molar-refractivity contribution is 5.77. The Bertz CT molecular complexity index is 1010. The molecule has 3 heterocycles. The number of carbonyl (C=O) groups is 1. The van der Waals surface area contributed by atoms with E-state index in [9.17, 15) is 9.59 Å². The van der Waals surface area contributed by atoms with Crippen molar-refractivity contribution < 1.29 is 9.53 Å². The molecule has 29 heavy (non-hydrogen) atoms. The molecule has 0 saturated carbocycles. The van der Waals surface area contributed by atoms with Crippen LogP contribution in [0.4, 0.5) is 0 Å². The Kier molecular flexibility index (Phi) is 6.02. The maximum Gasteiger partial charge on any atom is 0.326 e. The first kappa shape index (κ1) is 19.4. The Morgan fingerprint density at radius 1 is 1.17 bits per heavy atom. The number of H-pyrrole nitrogens is 1. The van der Waals surface area contributed by atoms with Crippen molar-refractivity contribution >= 4 is 16.9 Å². The third-order valence-corrected chi connectivity index (χ3v) is 5.25. The number of fused-ring (bicyclic) bond motifs is 1. The molecule has 1 aliphatic heterocycles. The van der Waals surface area contributed by atoms with Gasteiger partial charge in [-0.2, -0.15) is 0 Å². The van der Waals surface area contributed by atoms with E-state index < -0.39 is 0 Å². The van der Waals surface area contributed by atoms with E-state index in [4.69, 9.17) is 4.74 Å². The number of para-hydroxylation sites is 2. The van der Waals surface area contributed by atoms with Crippen molar-refractivity contribution in [2.24, 2.45) is 0 Å². The van der Waals surface area contributed by atoms with Crippen LogP contribution in [0.5, 0.6) is 0 Å². The third-order valence-electron chi connectivity index (χ3n) is 5.25. The maximum atomic E-state index is 12.5. The average Bonchev–Trinajstić information content (AvgIpc) is 3.09. The van der Waals surface area contributed by atoms with E-state index in [1.54, 1.807) is 10.8 Å². The fourth-order valence-electron chi connectivity index (χ4n) is 3.72. The minimum Gasteiger partial charge on any atom is -0.379 e. The number of ether oxygens (including phenoxy) is 1. The molecule has 1 amide bonds. The normalized spacial score (nSPS) is 16.0. The standard InChI is InChI=1S/C21H25N5O3/c27-20(8-10-26-18-7-2-1-6-17(18)24-21(26)28)23-15-19(16-5-3-4-9-22-16)25-11-13-29-14-12-25/h1-7,9,19H,8,10-15H2,(H,23,27)(H,24,28). The number of carbonyl (C=O) groups excluding carboxylic acids is 1. The minimum atomic E-state index is -0.196. The number of imidazole rings is 1. The fourth-order valence-corrected chi connectivity index (χ4v) is 3.72. The predicted molar refractivity (Wildman–Crippen MR) is 110 cm³/mol. The van der Waals surface area contributed by atoms with E-state index >= 15 is 0 Å². The quantitative estimate of drug-likeness (QED) is 0.629. The van der Waals surface area contributed by atoms with E-state index in [-0.39, 0.29) is 24.1 Å². The van der Waals surface area contributed by atoms with Crippen LogP contribution in [0, 0.1) is 0 Å². The smallest absolute Gasteiger partial charge is 0.326 e. The number of nitrogens with one attached hydrogen (secondary N) is 2. The van der Waals surface area contributed by atoms with Crippen LogP contribution in [0.1, 0.15) is 18.2 Å². The Balaban J connectivity index is 1.39. The summed E-state index contributed by atoms with van der Waals surface area (Å²) in [6.45, 7) is 3.78. The summed E-state index contributed by atoms with van der Waals surface area (Å²) in [5, 5.41) is 3.02. The SMILES string of the molecule is O=C(CCn1c(=O)[nH]c2ccccc21)NCC(c1ccccn1)N1CCOCC1. The lowest BCUT2D eigenvalue weighted by molar-refractivity contribution is -0.121. The molecular weight excluding hydrogens is 370 g/mol. The molecule has 1 unspecified atom stereocenters. The largest absolute Gasteiger partial charge is 0.379 e. The Labute approximate surface area is 168 Å². The summed E-state index contributed by atoms with van der Waals surface area (Å²) < 4.78 is 7.06. The molecule has 1 aromatic carbocycles. The van der Waals surface area contributed by atoms with Gasteiger partial charge < -0.3 is 15.0 Å². The minimum absolute atomic E-state index is 0.000128. The number of aryl methyl sites for hydroxylation is 1. The number of aromatic nitrogens is 3. The topological polar surface area (TPSA) is 92.2 Å². The number of nitrogens with zero attached hydrogens (tertiary/aromatic N) is 3. The average molecular weight is 395 g/mol. The second-order valence-corrected chi connectivity index (χ2v) is 7.07. The second-order valence-electron chi connectivity index (χ2n) is 7.07. The van der Waals surface area contributed by atoms with Gasteiger partial charge >= 0.3 is 5.69 Å². The molecule has 152 valence electrons. The highest BCUT2D eigenvalue weighted by Gasteiger charge is 2.24. The summed E-state index contributed by atoms with van der Waals surface area (Å²) >= 11 is 0. The number of hydrogen-bond acceptors (Lipinski definition) is 5. The van der Waals surface area contributed by atoms with Gasteiger partial charge in [0.1, 0.15) is 0 Å². The first-order valence-corrected chi connectivity index (χ1v) is 9.89. The summed E-state index contributed by atoms with van der Waals surface area (Å²) in [5.41, 5.74) is 2.33. The summed E-state index contributed by atoms with van der Waals surface area (Å²) in [4.78, 5) is 34.2. The Morgan fingerprint density at radius 2 is 1.97 bits per heavy atom. The number of aromatic amines is 1. The van der Waals surface area contributed by atoms with Crippen LogP contribution >= 0.6 is 0 Å². The number of pyridine rings is 1. The molecular formula is C21H25N5O3. The van der Waals surface area contributed by atoms with Gasteiger partial charge in [-0.05, 0) is 24.3 Å². The molecule has 3 aromatic rings. The molecule has 1 atom stereocenters. The van der Waals surface area contributed by atoms with Gasteiger partial charge in [0.05, 0.1) is 36.0 Å². The third kappa shape index (κ3) is 4.55. The van der Waals surface area contributed by atoms with Gasteiger partial charge in [-0.15, -0.1) is 0 Å². The predicted octanol–water partition coefficient (Wildman–Crippen LogP) is 1.30. The van der Waals surface area contributed by atoms with Crippen molar-refractivity contribution in [1.29, 1.82) is 0 Å². The molecule has 1 aliphatic rings. The molecule has 0 bridgehead atoms. The van der Waals surface area contributed by atoms with E-state index in [0.29, 0.717) is 26.3 Å². The Morgan fingerprint density at radius 3 is 2.76 bits per heavy atom. The summed E-state index contributed by atoms with van der Waals surface area (Å²) in [6, 6.07) is 13.3. The Hall–Kier alpha value is -2.97. The molecule has 8 nitrogen and oxygen atoms in total. The molecule has 0 aliphatic carbocycles. The molecule has 1 saturated heterocycles. The number of benzene rings is 1. The van der Waals surface area contributed by atoms with E-state index in [2.05, 4.69) is 20.2 Å². The van der Waals surface area contributed by atoms with Crippen LogP contribution in [0.3, 0.4) is 0 Å².